The fourth-order valence-electron chi connectivity index (χ4n) is 2.70. The third kappa shape index (κ3) is 3.90. The molecular formula is C20H20N2O2. The van der Waals surface area contributed by atoms with Crippen LogP contribution in [0.4, 0.5) is 11.4 Å². The van der Waals surface area contributed by atoms with Gasteiger partial charge in [-0.3, -0.25) is 9.59 Å². The number of para-hydroxylation sites is 2. The van der Waals surface area contributed by atoms with Crippen molar-refractivity contribution in [3.05, 3.63) is 72.9 Å². The molecule has 1 aromatic carbocycles. The number of hydrogen-bond donors (Lipinski definition) is 2. The van der Waals surface area contributed by atoms with Gasteiger partial charge in [0.2, 0.25) is 11.8 Å². The molecule has 2 aliphatic carbocycles. The van der Waals surface area contributed by atoms with Crippen molar-refractivity contribution in [2.75, 3.05) is 10.6 Å². The zero-order chi connectivity index (χ0) is 16.8. The van der Waals surface area contributed by atoms with E-state index in [1.165, 1.54) is 0 Å². The third-order valence-corrected chi connectivity index (χ3v) is 4.08. The number of carbonyl (C=O) groups excluding carboxylic acids is 2. The van der Waals surface area contributed by atoms with Crippen LogP contribution in [0.15, 0.2) is 72.9 Å². The summed E-state index contributed by atoms with van der Waals surface area (Å²) < 4.78 is 0. The summed E-state index contributed by atoms with van der Waals surface area (Å²) >= 11 is 0. The van der Waals surface area contributed by atoms with Gasteiger partial charge in [0.05, 0.1) is 23.2 Å². The average Bonchev–Trinajstić information content (AvgIpc) is 2.64. The highest BCUT2D eigenvalue weighted by molar-refractivity contribution is 6.01. The van der Waals surface area contributed by atoms with E-state index < -0.39 is 0 Å². The van der Waals surface area contributed by atoms with Gasteiger partial charge in [-0.05, 0) is 25.0 Å². The van der Waals surface area contributed by atoms with Crippen LogP contribution in [-0.4, -0.2) is 11.8 Å². The van der Waals surface area contributed by atoms with Crippen LogP contribution < -0.4 is 10.6 Å². The predicted octanol–water partition coefficient (Wildman–Crippen LogP) is 3.83. The van der Waals surface area contributed by atoms with Gasteiger partial charge in [-0.1, -0.05) is 60.7 Å². The third-order valence-electron chi connectivity index (χ3n) is 4.08. The number of rotatable bonds is 4. The molecule has 2 atom stereocenters. The number of amides is 2. The summed E-state index contributed by atoms with van der Waals surface area (Å²) in [6, 6.07) is 7.27. The Labute approximate surface area is 141 Å². The fourth-order valence-corrected chi connectivity index (χ4v) is 2.70. The summed E-state index contributed by atoms with van der Waals surface area (Å²) in [7, 11) is 0. The van der Waals surface area contributed by atoms with Crippen LogP contribution in [-0.2, 0) is 9.59 Å². The molecule has 0 saturated heterocycles. The maximum atomic E-state index is 12.4. The van der Waals surface area contributed by atoms with Crippen molar-refractivity contribution in [3.8, 4) is 0 Å². The lowest BCUT2D eigenvalue weighted by molar-refractivity contribution is -0.119. The van der Waals surface area contributed by atoms with Gasteiger partial charge >= 0.3 is 0 Å². The van der Waals surface area contributed by atoms with Crippen LogP contribution in [0.2, 0.25) is 0 Å². The molecule has 24 heavy (non-hydrogen) atoms. The van der Waals surface area contributed by atoms with Gasteiger partial charge in [-0.25, -0.2) is 0 Å². The quantitative estimate of drug-likeness (QED) is 0.886. The largest absolute Gasteiger partial charge is 0.324 e. The highest BCUT2D eigenvalue weighted by Crippen LogP contribution is 2.24. The maximum absolute atomic E-state index is 12.4. The van der Waals surface area contributed by atoms with Gasteiger partial charge < -0.3 is 10.6 Å². The topological polar surface area (TPSA) is 58.2 Å². The Kier molecular flexibility index (Phi) is 5.06. The molecular weight excluding hydrogens is 300 g/mol. The first kappa shape index (κ1) is 16.0. The molecule has 3 rings (SSSR count). The molecule has 0 heterocycles. The predicted molar refractivity (Wildman–Crippen MR) is 96.5 cm³/mol. The highest BCUT2D eigenvalue weighted by atomic mass is 16.2. The first-order valence-corrected chi connectivity index (χ1v) is 8.11. The van der Waals surface area contributed by atoms with Crippen molar-refractivity contribution in [2.45, 2.75) is 12.8 Å². The van der Waals surface area contributed by atoms with Gasteiger partial charge in [0.25, 0.3) is 0 Å². The molecule has 4 heteroatoms. The van der Waals surface area contributed by atoms with Gasteiger partial charge in [0, 0.05) is 0 Å². The zero-order valence-electron chi connectivity index (χ0n) is 13.3. The number of hydrogen-bond acceptors (Lipinski definition) is 2. The number of nitrogens with one attached hydrogen (secondary N) is 2. The summed E-state index contributed by atoms with van der Waals surface area (Å²) in [5, 5.41) is 5.84. The monoisotopic (exact) mass is 320 g/mol. The molecule has 2 aliphatic rings. The van der Waals surface area contributed by atoms with E-state index in [-0.39, 0.29) is 23.7 Å². The Morgan fingerprint density at radius 1 is 0.750 bits per heavy atom. The number of benzene rings is 1. The molecule has 0 saturated carbocycles. The summed E-state index contributed by atoms with van der Waals surface area (Å²) in [4.78, 5) is 24.8. The average molecular weight is 320 g/mol. The van der Waals surface area contributed by atoms with Crippen molar-refractivity contribution in [2.24, 2.45) is 11.8 Å². The second kappa shape index (κ2) is 7.59. The summed E-state index contributed by atoms with van der Waals surface area (Å²) in [5.74, 6) is -0.495. The minimum atomic E-state index is -0.176. The molecule has 0 fully saturated rings. The van der Waals surface area contributed by atoms with Gasteiger partial charge in [-0.15, -0.1) is 0 Å². The van der Waals surface area contributed by atoms with Crippen LogP contribution in [0.25, 0.3) is 0 Å². The van der Waals surface area contributed by atoms with Crippen molar-refractivity contribution in [1.29, 1.82) is 0 Å². The molecule has 0 spiro atoms. The lowest BCUT2D eigenvalue weighted by Crippen LogP contribution is -2.25. The first-order valence-electron chi connectivity index (χ1n) is 8.11. The van der Waals surface area contributed by atoms with Crippen LogP contribution in [0.3, 0.4) is 0 Å². The molecule has 122 valence electrons. The van der Waals surface area contributed by atoms with Crippen molar-refractivity contribution < 1.29 is 9.59 Å². The van der Waals surface area contributed by atoms with E-state index in [1.807, 2.05) is 60.7 Å². The SMILES string of the molecule is O=C(Nc1ccccc1NC(=O)C1C=CC=CC1)C1C=CC=CC1. The molecule has 0 aromatic heterocycles. The Balaban J connectivity index is 1.68. The van der Waals surface area contributed by atoms with Crippen LogP contribution >= 0.6 is 0 Å². The normalized spacial score (nSPS) is 21.5. The van der Waals surface area contributed by atoms with Crippen molar-refractivity contribution in [1.82, 2.24) is 0 Å². The summed E-state index contributed by atoms with van der Waals surface area (Å²) in [6.07, 6.45) is 16.7. The summed E-state index contributed by atoms with van der Waals surface area (Å²) in [5.41, 5.74) is 1.24. The van der Waals surface area contributed by atoms with E-state index in [0.29, 0.717) is 24.2 Å². The smallest absolute Gasteiger partial charge is 0.231 e. The summed E-state index contributed by atoms with van der Waals surface area (Å²) in [6.45, 7) is 0. The van der Waals surface area contributed by atoms with Gasteiger partial charge in [-0.2, -0.15) is 0 Å². The highest BCUT2D eigenvalue weighted by Gasteiger charge is 2.19. The second-order valence-corrected chi connectivity index (χ2v) is 5.83. The Bertz CT molecular complexity index is 681. The fraction of sp³-hybridized carbons (Fsp3) is 0.200. The van der Waals surface area contributed by atoms with E-state index in [4.69, 9.17) is 0 Å². The first-order chi connectivity index (χ1) is 11.7. The van der Waals surface area contributed by atoms with Crippen LogP contribution in [0.5, 0.6) is 0 Å². The van der Waals surface area contributed by atoms with Crippen molar-refractivity contribution >= 4 is 23.2 Å². The molecule has 0 bridgehead atoms. The molecule has 2 N–H and O–H groups in total. The van der Waals surface area contributed by atoms with Gasteiger partial charge in [0.1, 0.15) is 0 Å². The van der Waals surface area contributed by atoms with Crippen LogP contribution in [0, 0.1) is 11.8 Å². The zero-order valence-corrected chi connectivity index (χ0v) is 13.3. The van der Waals surface area contributed by atoms with Gasteiger partial charge in [0.15, 0.2) is 0 Å². The maximum Gasteiger partial charge on any atom is 0.231 e. The van der Waals surface area contributed by atoms with E-state index in [9.17, 15) is 9.59 Å². The minimum absolute atomic E-state index is 0.0715. The molecule has 2 amide bonds. The van der Waals surface area contributed by atoms with E-state index in [2.05, 4.69) is 10.6 Å². The molecule has 4 nitrogen and oxygen atoms in total. The lowest BCUT2D eigenvalue weighted by Gasteiger charge is -2.18. The number of allylic oxidation sites excluding steroid dienone is 6. The minimum Gasteiger partial charge on any atom is -0.324 e. The van der Waals surface area contributed by atoms with E-state index >= 15 is 0 Å². The Morgan fingerprint density at radius 2 is 1.21 bits per heavy atom. The lowest BCUT2D eigenvalue weighted by atomic mass is 9.99. The molecule has 2 unspecified atom stereocenters. The standard InChI is InChI=1S/C20H20N2O2/c23-19(15-9-3-1-4-10-15)21-17-13-7-8-14-18(17)22-20(24)16-11-5-2-6-12-16/h1-9,11,13-16H,10,12H2,(H,21,23)(H,22,24). The Hall–Kier alpha value is -2.88. The van der Waals surface area contributed by atoms with Crippen molar-refractivity contribution in [3.63, 3.8) is 0 Å². The number of carbonyl (C=O) groups is 2. The molecule has 0 aliphatic heterocycles. The van der Waals surface area contributed by atoms with E-state index in [0.717, 1.165) is 0 Å². The Morgan fingerprint density at radius 3 is 1.58 bits per heavy atom. The number of anilines is 2. The van der Waals surface area contributed by atoms with Crippen LogP contribution in [0.1, 0.15) is 12.8 Å². The molecule has 1 aromatic rings. The van der Waals surface area contributed by atoms with E-state index in [1.54, 1.807) is 12.1 Å². The second-order valence-electron chi connectivity index (χ2n) is 5.83. The molecule has 0 radical (unpaired) electrons.